The van der Waals surface area contributed by atoms with Gasteiger partial charge in [-0.25, -0.2) is 0 Å². The van der Waals surface area contributed by atoms with Crippen LogP contribution in [0, 0.1) is 6.92 Å². The first-order valence-electron chi connectivity index (χ1n) is 5.81. The number of halogens is 1. The third-order valence-corrected chi connectivity index (χ3v) is 3.27. The van der Waals surface area contributed by atoms with Crippen molar-refractivity contribution in [3.8, 4) is 0 Å². The molecular formula is C13H18BrN3O2. The number of nitrogens with one attached hydrogen (secondary N) is 1. The average Bonchev–Trinajstić information content (AvgIpc) is 2.32. The quantitative estimate of drug-likeness (QED) is 0.827. The van der Waals surface area contributed by atoms with Crippen LogP contribution >= 0.6 is 15.9 Å². The maximum atomic E-state index is 12.1. The second-order valence-corrected chi connectivity index (χ2v) is 5.51. The zero-order valence-electron chi connectivity index (χ0n) is 11.5. The Morgan fingerprint density at radius 2 is 1.95 bits per heavy atom. The molecule has 1 unspecified atom stereocenters. The first-order chi connectivity index (χ1) is 8.73. The van der Waals surface area contributed by atoms with E-state index in [4.69, 9.17) is 5.73 Å². The minimum absolute atomic E-state index is 0.158. The van der Waals surface area contributed by atoms with Crippen molar-refractivity contribution in [1.29, 1.82) is 0 Å². The Morgan fingerprint density at radius 1 is 1.37 bits per heavy atom. The lowest BCUT2D eigenvalue weighted by Gasteiger charge is -2.19. The third-order valence-electron chi connectivity index (χ3n) is 2.82. The summed E-state index contributed by atoms with van der Waals surface area (Å²) in [7, 11) is 3.29. The molecule has 5 nitrogen and oxygen atoms in total. The Hall–Kier alpha value is -1.56. The number of rotatable bonds is 3. The van der Waals surface area contributed by atoms with Crippen LogP contribution in [0.2, 0.25) is 0 Å². The predicted molar refractivity (Wildman–Crippen MR) is 78.9 cm³/mol. The third kappa shape index (κ3) is 3.70. The van der Waals surface area contributed by atoms with E-state index in [9.17, 15) is 9.59 Å². The van der Waals surface area contributed by atoms with Gasteiger partial charge in [-0.05, 0) is 31.5 Å². The van der Waals surface area contributed by atoms with Crippen molar-refractivity contribution in [2.45, 2.75) is 19.9 Å². The maximum absolute atomic E-state index is 12.1. The molecule has 3 N–H and O–H groups in total. The molecule has 19 heavy (non-hydrogen) atoms. The monoisotopic (exact) mass is 327 g/mol. The summed E-state index contributed by atoms with van der Waals surface area (Å²) in [6.45, 7) is 3.42. The minimum Gasteiger partial charge on any atom is -0.398 e. The second kappa shape index (κ2) is 6.06. The van der Waals surface area contributed by atoms with Crippen LogP contribution < -0.4 is 11.1 Å². The van der Waals surface area contributed by atoms with Gasteiger partial charge in [0.15, 0.2) is 0 Å². The largest absolute Gasteiger partial charge is 0.398 e. The Bertz CT molecular complexity index is 515. The molecule has 0 bridgehead atoms. The summed E-state index contributed by atoms with van der Waals surface area (Å²) >= 11 is 3.30. The average molecular weight is 328 g/mol. The second-order valence-electron chi connectivity index (χ2n) is 4.60. The summed E-state index contributed by atoms with van der Waals surface area (Å²) in [5, 5.41) is 2.67. The van der Waals surface area contributed by atoms with E-state index in [0.29, 0.717) is 16.8 Å². The lowest BCUT2D eigenvalue weighted by Crippen LogP contribution is -2.44. The number of amides is 2. The molecule has 1 aromatic carbocycles. The smallest absolute Gasteiger partial charge is 0.252 e. The van der Waals surface area contributed by atoms with Gasteiger partial charge in [-0.15, -0.1) is 0 Å². The molecule has 0 heterocycles. The van der Waals surface area contributed by atoms with Crippen LogP contribution in [0.15, 0.2) is 16.6 Å². The molecule has 0 aliphatic heterocycles. The number of carbonyl (C=O) groups is 2. The SMILES string of the molecule is Cc1c(N)cc(Br)cc1C(=O)NC(C)C(=O)N(C)C. The van der Waals surface area contributed by atoms with E-state index in [1.807, 2.05) is 0 Å². The summed E-state index contributed by atoms with van der Waals surface area (Å²) < 4.78 is 0.729. The topological polar surface area (TPSA) is 75.4 Å². The number of hydrogen-bond acceptors (Lipinski definition) is 3. The molecular weight excluding hydrogens is 310 g/mol. The Labute approximate surface area is 121 Å². The molecule has 0 saturated carbocycles. The molecule has 0 aliphatic rings. The summed E-state index contributed by atoms with van der Waals surface area (Å²) in [6.07, 6.45) is 0. The van der Waals surface area contributed by atoms with E-state index in [1.165, 1.54) is 4.90 Å². The molecule has 1 aromatic rings. The van der Waals surface area contributed by atoms with Crippen molar-refractivity contribution < 1.29 is 9.59 Å². The predicted octanol–water partition coefficient (Wildman–Crippen LogP) is 1.55. The number of anilines is 1. The van der Waals surface area contributed by atoms with Gasteiger partial charge in [0.2, 0.25) is 5.91 Å². The van der Waals surface area contributed by atoms with Crippen LogP contribution in [0.3, 0.4) is 0 Å². The highest BCUT2D eigenvalue weighted by Crippen LogP contribution is 2.22. The number of hydrogen-bond donors (Lipinski definition) is 2. The summed E-state index contributed by atoms with van der Waals surface area (Å²) in [5.41, 5.74) is 7.51. The molecule has 0 fully saturated rings. The molecule has 0 aliphatic carbocycles. The Morgan fingerprint density at radius 3 is 2.47 bits per heavy atom. The number of nitrogens with zero attached hydrogens (tertiary/aromatic N) is 1. The highest BCUT2D eigenvalue weighted by molar-refractivity contribution is 9.10. The van der Waals surface area contributed by atoms with Gasteiger partial charge in [0.05, 0.1) is 0 Å². The summed E-state index contributed by atoms with van der Waals surface area (Å²) in [6, 6.07) is 2.84. The summed E-state index contributed by atoms with van der Waals surface area (Å²) in [4.78, 5) is 25.3. The standard InChI is InChI=1S/C13H18BrN3O2/c1-7-10(5-9(14)6-11(7)15)12(18)16-8(2)13(19)17(3)4/h5-6,8H,15H2,1-4H3,(H,16,18). The molecule has 0 saturated heterocycles. The zero-order valence-corrected chi connectivity index (χ0v) is 13.0. The van der Waals surface area contributed by atoms with Gasteiger partial charge >= 0.3 is 0 Å². The van der Waals surface area contributed by atoms with Crippen molar-refractivity contribution in [3.05, 3.63) is 27.7 Å². The van der Waals surface area contributed by atoms with Gasteiger partial charge < -0.3 is 16.0 Å². The summed E-state index contributed by atoms with van der Waals surface area (Å²) in [5.74, 6) is -0.470. The van der Waals surface area contributed by atoms with Gasteiger partial charge in [0, 0.05) is 29.8 Å². The highest BCUT2D eigenvalue weighted by Gasteiger charge is 2.19. The lowest BCUT2D eigenvalue weighted by molar-refractivity contribution is -0.130. The van der Waals surface area contributed by atoms with Crippen LogP contribution in [0.5, 0.6) is 0 Å². The zero-order chi connectivity index (χ0) is 14.7. The number of likely N-dealkylation sites (N-methyl/N-ethyl adjacent to an activating group) is 1. The van der Waals surface area contributed by atoms with Crippen LogP contribution in [0.4, 0.5) is 5.69 Å². The molecule has 6 heteroatoms. The molecule has 104 valence electrons. The van der Waals surface area contributed by atoms with Gasteiger partial charge in [-0.3, -0.25) is 9.59 Å². The van der Waals surface area contributed by atoms with Crippen LogP contribution in [-0.2, 0) is 4.79 Å². The molecule has 2 amide bonds. The number of carbonyl (C=O) groups excluding carboxylic acids is 2. The van der Waals surface area contributed by atoms with Crippen LogP contribution in [0.1, 0.15) is 22.8 Å². The number of nitrogen functional groups attached to an aromatic ring is 1. The van der Waals surface area contributed by atoms with E-state index in [0.717, 1.165) is 4.47 Å². The fourth-order valence-electron chi connectivity index (χ4n) is 1.66. The molecule has 0 spiro atoms. The van der Waals surface area contributed by atoms with Gasteiger partial charge in [-0.1, -0.05) is 15.9 Å². The van der Waals surface area contributed by atoms with E-state index >= 15 is 0 Å². The molecule has 1 atom stereocenters. The first-order valence-corrected chi connectivity index (χ1v) is 6.61. The highest BCUT2D eigenvalue weighted by atomic mass is 79.9. The van der Waals surface area contributed by atoms with Gasteiger partial charge in [0.1, 0.15) is 6.04 Å². The molecule has 1 rings (SSSR count). The van der Waals surface area contributed by atoms with Gasteiger partial charge in [0.25, 0.3) is 5.91 Å². The minimum atomic E-state index is -0.581. The fourth-order valence-corrected chi connectivity index (χ4v) is 2.13. The van der Waals surface area contributed by atoms with Crippen molar-refractivity contribution in [1.82, 2.24) is 10.2 Å². The molecule has 0 aromatic heterocycles. The van der Waals surface area contributed by atoms with Crippen molar-refractivity contribution >= 4 is 33.4 Å². The van der Waals surface area contributed by atoms with Crippen LogP contribution in [0.25, 0.3) is 0 Å². The normalized spacial score (nSPS) is 11.8. The van der Waals surface area contributed by atoms with Crippen LogP contribution in [-0.4, -0.2) is 36.9 Å². The lowest BCUT2D eigenvalue weighted by atomic mass is 10.1. The van der Waals surface area contributed by atoms with E-state index in [1.54, 1.807) is 40.1 Å². The van der Waals surface area contributed by atoms with Crippen molar-refractivity contribution in [2.24, 2.45) is 0 Å². The maximum Gasteiger partial charge on any atom is 0.252 e. The van der Waals surface area contributed by atoms with Crippen molar-refractivity contribution in [2.75, 3.05) is 19.8 Å². The Kier molecular flexibility index (Phi) is 4.94. The van der Waals surface area contributed by atoms with E-state index < -0.39 is 6.04 Å². The number of benzene rings is 1. The Balaban J connectivity index is 2.93. The first kappa shape index (κ1) is 15.5. The number of nitrogens with two attached hydrogens (primary N) is 1. The fraction of sp³-hybridized carbons (Fsp3) is 0.385. The molecule has 0 radical (unpaired) electrons. The van der Waals surface area contributed by atoms with E-state index in [2.05, 4.69) is 21.2 Å². The van der Waals surface area contributed by atoms with Gasteiger partial charge in [-0.2, -0.15) is 0 Å². The van der Waals surface area contributed by atoms with Crippen molar-refractivity contribution in [3.63, 3.8) is 0 Å². The van der Waals surface area contributed by atoms with E-state index in [-0.39, 0.29) is 11.8 Å².